The van der Waals surface area contributed by atoms with Crippen LogP contribution in [0.5, 0.6) is 0 Å². The van der Waals surface area contributed by atoms with E-state index in [9.17, 15) is 9.59 Å². The zero-order chi connectivity index (χ0) is 11.0. The molecule has 80 valence electrons. The molecule has 1 heterocycles. The highest BCUT2D eigenvalue weighted by molar-refractivity contribution is 5.94. The average Bonchev–Trinajstić information content (AvgIpc) is 2.81. The van der Waals surface area contributed by atoms with Gasteiger partial charge >= 0.3 is 0 Å². The Morgan fingerprint density at radius 1 is 1.60 bits per heavy atom. The number of carbonyl (C=O) groups excluding carboxylic acids is 1. The lowest BCUT2D eigenvalue weighted by molar-refractivity contribution is 0.0949. The Morgan fingerprint density at radius 3 is 2.80 bits per heavy atom. The van der Waals surface area contributed by atoms with Crippen molar-refractivity contribution in [3.05, 3.63) is 33.7 Å². The Hall–Kier alpha value is -1.62. The molecule has 1 fully saturated rings. The highest BCUT2D eigenvalue weighted by Gasteiger charge is 2.35. The Morgan fingerprint density at radius 2 is 2.27 bits per heavy atom. The maximum absolute atomic E-state index is 11.6. The van der Waals surface area contributed by atoms with Gasteiger partial charge in [0.15, 0.2) is 0 Å². The minimum atomic E-state index is -0.360. The highest BCUT2D eigenvalue weighted by Crippen LogP contribution is 2.17. The summed E-state index contributed by atoms with van der Waals surface area (Å²) in [7, 11) is 0. The van der Waals surface area contributed by atoms with Gasteiger partial charge in [-0.25, -0.2) is 0 Å². The number of nitrogens with two attached hydrogens (primary N) is 1. The summed E-state index contributed by atoms with van der Waals surface area (Å²) in [5, 5.41) is 2.70. The van der Waals surface area contributed by atoms with Gasteiger partial charge in [0, 0.05) is 17.8 Å². The van der Waals surface area contributed by atoms with Gasteiger partial charge in [-0.05, 0) is 25.5 Å². The van der Waals surface area contributed by atoms with Gasteiger partial charge in [0.2, 0.25) is 0 Å². The summed E-state index contributed by atoms with van der Waals surface area (Å²) in [5.74, 6) is -0.353. The number of pyridine rings is 1. The number of aromatic amines is 1. The fraction of sp³-hybridized carbons (Fsp3) is 0.400. The molecule has 1 aromatic heterocycles. The van der Waals surface area contributed by atoms with Crippen LogP contribution in [0.15, 0.2) is 16.9 Å². The number of carbonyl (C=O) groups is 1. The van der Waals surface area contributed by atoms with Crippen molar-refractivity contribution in [1.82, 2.24) is 10.3 Å². The van der Waals surface area contributed by atoms with E-state index in [0.29, 0.717) is 0 Å². The van der Waals surface area contributed by atoms with Crippen LogP contribution in [0.2, 0.25) is 0 Å². The fourth-order valence-corrected chi connectivity index (χ4v) is 1.38. The third-order valence-electron chi connectivity index (χ3n) is 2.46. The maximum atomic E-state index is 11.6. The standard InChI is InChI=1S/C10H13N3O2/c1-5-2-3-6(9(14)12-5)10(15)13-8-4-7(8)11/h2-3,7-8H,4,11H2,1H3,(H,12,14)(H,13,15). The maximum Gasteiger partial charge on any atom is 0.260 e. The Labute approximate surface area is 86.7 Å². The molecular formula is C10H13N3O2. The molecule has 1 aromatic rings. The molecule has 1 aliphatic rings. The van der Waals surface area contributed by atoms with E-state index in [2.05, 4.69) is 10.3 Å². The molecule has 4 N–H and O–H groups in total. The first-order valence-corrected chi connectivity index (χ1v) is 4.84. The van der Waals surface area contributed by atoms with Crippen molar-refractivity contribution in [2.45, 2.75) is 25.4 Å². The third-order valence-corrected chi connectivity index (χ3v) is 2.46. The number of H-pyrrole nitrogens is 1. The first kappa shape index (κ1) is 9.92. The summed E-state index contributed by atoms with van der Waals surface area (Å²) in [4.78, 5) is 25.6. The second-order valence-corrected chi connectivity index (χ2v) is 3.86. The molecule has 0 aromatic carbocycles. The molecule has 2 unspecified atom stereocenters. The molecule has 1 amide bonds. The molecule has 0 bridgehead atoms. The SMILES string of the molecule is Cc1ccc(C(=O)NC2CC2N)c(=O)[nH]1. The molecule has 5 nitrogen and oxygen atoms in total. The van der Waals surface area contributed by atoms with E-state index in [1.54, 1.807) is 13.0 Å². The molecule has 0 radical (unpaired) electrons. The first-order valence-electron chi connectivity index (χ1n) is 4.84. The van der Waals surface area contributed by atoms with Crippen LogP contribution >= 0.6 is 0 Å². The number of rotatable bonds is 2. The Kier molecular flexibility index (Phi) is 2.32. The lowest BCUT2D eigenvalue weighted by Crippen LogP contribution is -2.33. The van der Waals surface area contributed by atoms with Crippen molar-refractivity contribution in [2.24, 2.45) is 5.73 Å². The van der Waals surface area contributed by atoms with Crippen LogP contribution in [0.4, 0.5) is 0 Å². The van der Waals surface area contributed by atoms with Crippen LogP contribution in [0, 0.1) is 6.92 Å². The highest BCUT2D eigenvalue weighted by atomic mass is 16.2. The molecule has 1 aliphatic carbocycles. The van der Waals surface area contributed by atoms with E-state index >= 15 is 0 Å². The monoisotopic (exact) mass is 207 g/mol. The number of aromatic nitrogens is 1. The van der Waals surface area contributed by atoms with Gasteiger partial charge in [-0.15, -0.1) is 0 Å². The quantitative estimate of drug-likeness (QED) is 0.611. The number of amides is 1. The normalized spacial score (nSPS) is 23.6. The van der Waals surface area contributed by atoms with Gasteiger partial charge in [-0.3, -0.25) is 9.59 Å². The first-order chi connectivity index (χ1) is 7.08. The predicted molar refractivity (Wildman–Crippen MR) is 55.6 cm³/mol. The third kappa shape index (κ3) is 2.07. The topological polar surface area (TPSA) is 88.0 Å². The zero-order valence-electron chi connectivity index (χ0n) is 8.41. The summed E-state index contributed by atoms with van der Waals surface area (Å²) in [6.45, 7) is 1.76. The van der Waals surface area contributed by atoms with Crippen LogP contribution in [0.3, 0.4) is 0 Å². The number of aryl methyl sites for hydroxylation is 1. The van der Waals surface area contributed by atoms with E-state index in [4.69, 9.17) is 5.73 Å². The minimum absolute atomic E-state index is 0.0261. The number of nitrogens with one attached hydrogen (secondary N) is 2. The lowest BCUT2D eigenvalue weighted by Gasteiger charge is -2.02. The van der Waals surface area contributed by atoms with E-state index in [-0.39, 0.29) is 29.1 Å². The van der Waals surface area contributed by atoms with E-state index < -0.39 is 0 Å². The van der Waals surface area contributed by atoms with Crippen LogP contribution in [-0.4, -0.2) is 23.0 Å². The Balaban J connectivity index is 2.15. The van der Waals surface area contributed by atoms with Crippen molar-refractivity contribution in [3.8, 4) is 0 Å². The van der Waals surface area contributed by atoms with Crippen LogP contribution in [0.1, 0.15) is 22.5 Å². The summed E-state index contributed by atoms with van der Waals surface area (Å²) < 4.78 is 0. The van der Waals surface area contributed by atoms with Crippen LogP contribution in [0.25, 0.3) is 0 Å². The molecule has 2 rings (SSSR count). The van der Waals surface area contributed by atoms with Gasteiger partial charge < -0.3 is 16.0 Å². The second-order valence-electron chi connectivity index (χ2n) is 3.86. The molecule has 0 aliphatic heterocycles. The van der Waals surface area contributed by atoms with Crippen molar-refractivity contribution in [3.63, 3.8) is 0 Å². The number of hydrogen-bond donors (Lipinski definition) is 3. The second kappa shape index (κ2) is 3.51. The van der Waals surface area contributed by atoms with Crippen molar-refractivity contribution in [2.75, 3.05) is 0 Å². The molecule has 0 spiro atoms. The fourth-order valence-electron chi connectivity index (χ4n) is 1.38. The smallest absolute Gasteiger partial charge is 0.260 e. The van der Waals surface area contributed by atoms with E-state index in [1.165, 1.54) is 6.07 Å². The van der Waals surface area contributed by atoms with Crippen LogP contribution < -0.4 is 16.6 Å². The predicted octanol–water partition coefficient (Wildman–Crippen LogP) is -0.487. The summed E-state index contributed by atoms with van der Waals surface area (Å²) in [5.41, 5.74) is 6.07. The minimum Gasteiger partial charge on any atom is -0.348 e. The molecule has 0 saturated heterocycles. The summed E-state index contributed by atoms with van der Waals surface area (Å²) >= 11 is 0. The number of hydrogen-bond acceptors (Lipinski definition) is 3. The molecular weight excluding hydrogens is 194 g/mol. The molecule has 5 heteroatoms. The van der Waals surface area contributed by atoms with Crippen molar-refractivity contribution < 1.29 is 4.79 Å². The molecule has 15 heavy (non-hydrogen) atoms. The van der Waals surface area contributed by atoms with E-state index in [0.717, 1.165) is 12.1 Å². The van der Waals surface area contributed by atoms with Gasteiger partial charge in [0.1, 0.15) is 5.56 Å². The zero-order valence-corrected chi connectivity index (χ0v) is 8.41. The summed E-state index contributed by atoms with van der Waals surface area (Å²) in [6, 6.07) is 3.29. The van der Waals surface area contributed by atoms with Crippen molar-refractivity contribution in [1.29, 1.82) is 0 Å². The lowest BCUT2D eigenvalue weighted by atomic mass is 10.2. The van der Waals surface area contributed by atoms with Gasteiger partial charge in [0.25, 0.3) is 11.5 Å². The largest absolute Gasteiger partial charge is 0.348 e. The van der Waals surface area contributed by atoms with Gasteiger partial charge in [-0.2, -0.15) is 0 Å². The average molecular weight is 207 g/mol. The molecule has 2 atom stereocenters. The van der Waals surface area contributed by atoms with Crippen LogP contribution in [-0.2, 0) is 0 Å². The van der Waals surface area contributed by atoms with Gasteiger partial charge in [0.05, 0.1) is 0 Å². The van der Waals surface area contributed by atoms with Gasteiger partial charge in [-0.1, -0.05) is 0 Å². The molecule has 1 saturated carbocycles. The van der Waals surface area contributed by atoms with Crippen molar-refractivity contribution >= 4 is 5.91 Å². The van der Waals surface area contributed by atoms with E-state index in [1.807, 2.05) is 0 Å². The Bertz CT molecular complexity index is 452. The summed E-state index contributed by atoms with van der Waals surface area (Å²) in [6.07, 6.45) is 0.787.